The summed E-state index contributed by atoms with van der Waals surface area (Å²) in [6, 6.07) is 19.8. The van der Waals surface area contributed by atoms with Gasteiger partial charge in [-0.25, -0.2) is 0 Å². The van der Waals surface area contributed by atoms with Crippen molar-refractivity contribution in [1.29, 1.82) is 0 Å². The van der Waals surface area contributed by atoms with Gasteiger partial charge in [0, 0.05) is 4.90 Å². The van der Waals surface area contributed by atoms with Crippen molar-refractivity contribution in [3.05, 3.63) is 54.6 Å². The van der Waals surface area contributed by atoms with Crippen LogP contribution in [0.2, 0.25) is 0 Å². The maximum absolute atomic E-state index is 2.35. The minimum absolute atomic E-state index is 1.21. The molecule has 0 unspecified atom stereocenters. The van der Waals surface area contributed by atoms with Crippen LogP contribution in [0, 0.1) is 0 Å². The Morgan fingerprint density at radius 1 is 0.842 bits per heavy atom. The van der Waals surface area contributed by atoms with Crippen LogP contribution in [-0.4, -0.2) is 5.75 Å². The lowest BCUT2D eigenvalue weighted by Crippen LogP contribution is -1.84. The maximum atomic E-state index is 2.35. The average Bonchev–Trinajstić information content (AvgIpc) is 2.47. The molecule has 0 aliphatic rings. The van der Waals surface area contributed by atoms with Gasteiger partial charge in [-0.05, 0) is 39.8 Å². The smallest absolute Gasteiger partial charge is 0.0157 e. The fraction of sp³-hybridized carbons (Fsp3) is 0.222. The van der Waals surface area contributed by atoms with Crippen molar-refractivity contribution in [2.45, 2.75) is 24.7 Å². The predicted molar refractivity (Wildman–Crippen MR) is 87.1 cm³/mol. The van der Waals surface area contributed by atoms with Crippen molar-refractivity contribution in [3.8, 4) is 0 Å². The number of unbranched alkanes of at least 4 members (excludes halogenated alkanes) is 1. The molecule has 3 aromatic carbocycles. The topological polar surface area (TPSA) is 0 Å². The van der Waals surface area contributed by atoms with Gasteiger partial charge in [-0.1, -0.05) is 61.9 Å². The molecule has 0 aliphatic carbocycles. The van der Waals surface area contributed by atoms with E-state index >= 15 is 0 Å². The standard InChI is InChI=1S/C18H18S/c1-2-3-12-19-18-13-14-8-4-5-9-15(14)16-10-6-7-11-17(16)18/h4-11,13H,2-3,12H2,1H3. The molecule has 0 N–H and O–H groups in total. The summed E-state index contributed by atoms with van der Waals surface area (Å²) in [7, 11) is 0. The van der Waals surface area contributed by atoms with Gasteiger partial charge in [0.15, 0.2) is 0 Å². The number of thioether (sulfide) groups is 1. The Kier molecular flexibility index (Phi) is 3.74. The summed E-state index contributed by atoms with van der Waals surface area (Å²) in [6.07, 6.45) is 2.55. The zero-order chi connectivity index (χ0) is 13.1. The maximum Gasteiger partial charge on any atom is 0.0157 e. The average molecular weight is 266 g/mol. The van der Waals surface area contributed by atoms with E-state index in [1.807, 2.05) is 11.8 Å². The van der Waals surface area contributed by atoms with Crippen LogP contribution >= 0.6 is 11.8 Å². The van der Waals surface area contributed by atoms with Gasteiger partial charge in [-0.3, -0.25) is 0 Å². The Morgan fingerprint density at radius 2 is 1.53 bits per heavy atom. The third kappa shape index (κ3) is 2.48. The molecule has 0 aromatic heterocycles. The zero-order valence-corrected chi connectivity index (χ0v) is 12.0. The first kappa shape index (κ1) is 12.6. The van der Waals surface area contributed by atoms with E-state index in [9.17, 15) is 0 Å². The lowest BCUT2D eigenvalue weighted by atomic mass is 10.0. The first-order valence-electron chi connectivity index (χ1n) is 6.93. The van der Waals surface area contributed by atoms with E-state index < -0.39 is 0 Å². The van der Waals surface area contributed by atoms with Crippen LogP contribution in [0.3, 0.4) is 0 Å². The molecule has 0 aliphatic heterocycles. The van der Waals surface area contributed by atoms with Crippen LogP contribution in [0.15, 0.2) is 59.5 Å². The predicted octanol–water partition coefficient (Wildman–Crippen LogP) is 5.89. The van der Waals surface area contributed by atoms with E-state index in [1.165, 1.54) is 45.0 Å². The molecule has 0 radical (unpaired) electrons. The molecule has 0 atom stereocenters. The minimum atomic E-state index is 1.21. The van der Waals surface area contributed by atoms with Crippen LogP contribution in [0.1, 0.15) is 19.8 Å². The molecule has 96 valence electrons. The zero-order valence-electron chi connectivity index (χ0n) is 11.2. The molecular formula is C18H18S. The highest BCUT2D eigenvalue weighted by Crippen LogP contribution is 2.34. The van der Waals surface area contributed by atoms with Crippen molar-refractivity contribution in [2.75, 3.05) is 5.75 Å². The van der Waals surface area contributed by atoms with Crippen molar-refractivity contribution in [2.24, 2.45) is 0 Å². The first-order chi connectivity index (χ1) is 9.40. The molecule has 0 saturated carbocycles. The molecule has 1 heteroatoms. The van der Waals surface area contributed by atoms with Crippen LogP contribution in [-0.2, 0) is 0 Å². The molecule has 0 nitrogen and oxygen atoms in total. The van der Waals surface area contributed by atoms with E-state index in [2.05, 4.69) is 61.5 Å². The lowest BCUT2D eigenvalue weighted by molar-refractivity contribution is 0.896. The van der Waals surface area contributed by atoms with Crippen LogP contribution in [0.25, 0.3) is 21.5 Å². The number of hydrogen-bond acceptors (Lipinski definition) is 1. The molecular weight excluding hydrogens is 248 g/mol. The molecule has 3 aromatic rings. The van der Waals surface area contributed by atoms with Crippen molar-refractivity contribution in [3.63, 3.8) is 0 Å². The third-order valence-electron chi connectivity index (χ3n) is 3.49. The van der Waals surface area contributed by atoms with E-state index in [4.69, 9.17) is 0 Å². The van der Waals surface area contributed by atoms with Crippen LogP contribution in [0.5, 0.6) is 0 Å². The third-order valence-corrected chi connectivity index (χ3v) is 4.63. The number of benzene rings is 3. The van der Waals surface area contributed by atoms with Gasteiger partial charge in [0.05, 0.1) is 0 Å². The minimum Gasteiger partial charge on any atom is -0.125 e. The molecule has 0 bridgehead atoms. The highest BCUT2D eigenvalue weighted by Gasteiger charge is 2.05. The second-order valence-corrected chi connectivity index (χ2v) is 5.98. The highest BCUT2D eigenvalue weighted by atomic mass is 32.2. The lowest BCUT2D eigenvalue weighted by Gasteiger charge is -2.10. The fourth-order valence-corrected chi connectivity index (χ4v) is 3.66. The summed E-state index contributed by atoms with van der Waals surface area (Å²) in [6.45, 7) is 2.25. The Balaban J connectivity index is 2.18. The van der Waals surface area contributed by atoms with E-state index in [0.717, 1.165) is 0 Å². The number of hydrogen-bond donors (Lipinski definition) is 0. The largest absolute Gasteiger partial charge is 0.125 e. The molecule has 3 rings (SSSR count). The second kappa shape index (κ2) is 5.66. The van der Waals surface area contributed by atoms with Gasteiger partial charge < -0.3 is 0 Å². The summed E-state index contributed by atoms with van der Waals surface area (Å²) in [4.78, 5) is 1.42. The van der Waals surface area contributed by atoms with E-state index in [0.29, 0.717) is 0 Å². The van der Waals surface area contributed by atoms with Crippen molar-refractivity contribution < 1.29 is 0 Å². The second-order valence-electron chi connectivity index (χ2n) is 4.84. The summed E-state index contributed by atoms with van der Waals surface area (Å²) in [5.74, 6) is 1.21. The molecule has 0 saturated heterocycles. The van der Waals surface area contributed by atoms with Crippen molar-refractivity contribution >= 4 is 33.3 Å². The van der Waals surface area contributed by atoms with Gasteiger partial charge in [0.2, 0.25) is 0 Å². The first-order valence-corrected chi connectivity index (χ1v) is 7.92. The van der Waals surface area contributed by atoms with Crippen molar-refractivity contribution in [1.82, 2.24) is 0 Å². The SMILES string of the molecule is CCCCSc1cc2ccccc2c2ccccc12. The van der Waals surface area contributed by atoms with Crippen LogP contribution in [0.4, 0.5) is 0 Å². The Morgan fingerprint density at radius 3 is 2.32 bits per heavy atom. The number of rotatable bonds is 4. The summed E-state index contributed by atoms with van der Waals surface area (Å²) >= 11 is 1.99. The highest BCUT2D eigenvalue weighted by molar-refractivity contribution is 7.99. The van der Waals surface area contributed by atoms with Gasteiger partial charge in [0.1, 0.15) is 0 Å². The fourth-order valence-electron chi connectivity index (χ4n) is 2.47. The Bertz CT molecular complexity index is 700. The molecule has 0 amide bonds. The Labute approximate surface area is 118 Å². The van der Waals surface area contributed by atoms with Gasteiger partial charge in [-0.2, -0.15) is 0 Å². The molecule has 0 heterocycles. The summed E-state index contributed by atoms with van der Waals surface area (Å²) < 4.78 is 0. The van der Waals surface area contributed by atoms with Gasteiger partial charge in [0.25, 0.3) is 0 Å². The molecule has 0 fully saturated rings. The quantitative estimate of drug-likeness (QED) is 0.322. The summed E-state index contributed by atoms with van der Waals surface area (Å²) in [5.41, 5.74) is 0. The molecule has 19 heavy (non-hydrogen) atoms. The van der Waals surface area contributed by atoms with Crippen LogP contribution < -0.4 is 0 Å². The Hall–Kier alpha value is -1.47. The monoisotopic (exact) mass is 266 g/mol. The molecule has 0 spiro atoms. The van der Waals surface area contributed by atoms with E-state index in [-0.39, 0.29) is 0 Å². The van der Waals surface area contributed by atoms with Gasteiger partial charge >= 0.3 is 0 Å². The van der Waals surface area contributed by atoms with E-state index in [1.54, 1.807) is 0 Å². The summed E-state index contributed by atoms with van der Waals surface area (Å²) in [5, 5.41) is 5.47. The number of fused-ring (bicyclic) bond motifs is 3. The normalized spacial score (nSPS) is 11.2. The van der Waals surface area contributed by atoms with Gasteiger partial charge in [-0.15, -0.1) is 11.8 Å².